The lowest BCUT2D eigenvalue weighted by atomic mass is 9.91. The minimum atomic E-state index is -0.488. The van der Waals surface area contributed by atoms with Crippen molar-refractivity contribution >= 4 is 11.8 Å². The first kappa shape index (κ1) is 16.6. The largest absolute Gasteiger partial charge is 0.444 e. The summed E-state index contributed by atoms with van der Waals surface area (Å²) in [5.41, 5.74) is 0.628. The fourth-order valence-corrected chi connectivity index (χ4v) is 3.94. The van der Waals surface area contributed by atoms with Gasteiger partial charge in [-0.05, 0) is 65.0 Å². The molecule has 6 nitrogen and oxygen atoms in total. The van der Waals surface area contributed by atoms with Crippen molar-refractivity contribution in [3.63, 3.8) is 0 Å². The van der Waals surface area contributed by atoms with Crippen LogP contribution in [0.25, 0.3) is 0 Å². The standard InChI is InChI=1S/C18H24N4O2/c1-16(2,3)24-15(23)22-18-7-5-17(12-18,6-8-18)21-13-4-9-20-14(10-13)11-19/h4,9-10H,5-8,12H2,1-3H3,(H,20,21)(H,22,23). The van der Waals surface area contributed by atoms with E-state index in [2.05, 4.69) is 21.7 Å². The lowest BCUT2D eigenvalue weighted by molar-refractivity contribution is 0.0458. The molecule has 128 valence electrons. The van der Waals surface area contributed by atoms with Crippen molar-refractivity contribution in [2.45, 2.75) is 69.6 Å². The average Bonchev–Trinajstić information content (AvgIpc) is 3.00. The summed E-state index contributed by atoms with van der Waals surface area (Å²) in [6.07, 6.45) is 6.05. The van der Waals surface area contributed by atoms with Crippen molar-refractivity contribution in [1.29, 1.82) is 5.26 Å². The maximum absolute atomic E-state index is 12.1. The van der Waals surface area contributed by atoms with E-state index in [1.54, 1.807) is 12.3 Å². The molecule has 3 rings (SSSR count). The Morgan fingerprint density at radius 2 is 1.96 bits per heavy atom. The molecule has 1 amide bonds. The molecule has 2 aliphatic rings. The average molecular weight is 328 g/mol. The highest BCUT2D eigenvalue weighted by molar-refractivity contribution is 5.69. The van der Waals surface area contributed by atoms with E-state index in [1.165, 1.54) is 0 Å². The third-order valence-electron chi connectivity index (χ3n) is 4.89. The van der Waals surface area contributed by atoms with Gasteiger partial charge in [0.05, 0.1) is 0 Å². The van der Waals surface area contributed by atoms with Crippen LogP contribution in [0.1, 0.15) is 58.6 Å². The van der Waals surface area contributed by atoms with E-state index < -0.39 is 5.60 Å². The van der Waals surface area contributed by atoms with E-state index >= 15 is 0 Å². The van der Waals surface area contributed by atoms with Gasteiger partial charge in [0.2, 0.25) is 0 Å². The summed E-state index contributed by atoms with van der Waals surface area (Å²) in [5, 5.41) is 15.7. The van der Waals surface area contributed by atoms with Crippen molar-refractivity contribution in [2.24, 2.45) is 0 Å². The number of hydrogen-bond donors (Lipinski definition) is 2. The molecule has 1 heterocycles. The predicted molar refractivity (Wildman–Crippen MR) is 90.5 cm³/mol. The van der Waals surface area contributed by atoms with Gasteiger partial charge in [-0.1, -0.05) is 0 Å². The van der Waals surface area contributed by atoms with Gasteiger partial charge in [0.25, 0.3) is 0 Å². The number of anilines is 1. The zero-order chi connectivity index (χ0) is 17.4. The fourth-order valence-electron chi connectivity index (χ4n) is 3.94. The molecule has 2 bridgehead atoms. The second kappa shape index (κ2) is 5.66. The van der Waals surface area contributed by atoms with E-state index in [-0.39, 0.29) is 17.2 Å². The number of pyridine rings is 1. The highest BCUT2D eigenvalue weighted by Gasteiger charge is 2.55. The minimum absolute atomic E-state index is 0.0247. The maximum atomic E-state index is 12.1. The lowest BCUT2D eigenvalue weighted by Gasteiger charge is -2.30. The quantitative estimate of drug-likeness (QED) is 0.888. The van der Waals surface area contributed by atoms with Crippen LogP contribution in [-0.4, -0.2) is 27.8 Å². The van der Waals surface area contributed by atoms with Gasteiger partial charge in [0.15, 0.2) is 0 Å². The monoisotopic (exact) mass is 328 g/mol. The summed E-state index contributed by atoms with van der Waals surface area (Å²) in [6, 6.07) is 5.72. The zero-order valence-corrected chi connectivity index (χ0v) is 14.5. The van der Waals surface area contributed by atoms with E-state index in [0.29, 0.717) is 5.69 Å². The number of alkyl carbamates (subject to hydrolysis) is 1. The summed E-state index contributed by atoms with van der Waals surface area (Å²) in [5.74, 6) is 0. The highest BCUT2D eigenvalue weighted by atomic mass is 16.6. The molecular formula is C18H24N4O2. The second-order valence-corrected chi connectivity index (χ2v) is 8.03. The van der Waals surface area contributed by atoms with Gasteiger partial charge >= 0.3 is 6.09 Å². The molecule has 2 N–H and O–H groups in total. The van der Waals surface area contributed by atoms with Gasteiger partial charge in [-0.15, -0.1) is 0 Å². The number of nitrogens with one attached hydrogen (secondary N) is 2. The Labute approximate surface area is 142 Å². The number of fused-ring (bicyclic) bond motifs is 2. The second-order valence-electron chi connectivity index (χ2n) is 8.03. The van der Waals surface area contributed by atoms with Gasteiger partial charge < -0.3 is 15.4 Å². The summed E-state index contributed by atoms with van der Waals surface area (Å²) in [7, 11) is 0. The molecule has 1 aromatic heterocycles. The Morgan fingerprint density at radius 1 is 1.29 bits per heavy atom. The van der Waals surface area contributed by atoms with E-state index in [9.17, 15) is 4.79 Å². The molecule has 0 aliphatic heterocycles. The van der Waals surface area contributed by atoms with Gasteiger partial charge in [-0.25, -0.2) is 9.78 Å². The van der Waals surface area contributed by atoms with Crippen LogP contribution in [0, 0.1) is 11.3 Å². The smallest absolute Gasteiger partial charge is 0.408 e. The first-order valence-corrected chi connectivity index (χ1v) is 8.39. The number of carbonyl (C=O) groups is 1. The molecule has 1 aromatic rings. The molecular weight excluding hydrogens is 304 g/mol. The summed E-state index contributed by atoms with van der Waals surface area (Å²) < 4.78 is 5.41. The number of carbonyl (C=O) groups excluding carboxylic acids is 1. The van der Waals surface area contributed by atoms with E-state index in [4.69, 9.17) is 10.00 Å². The van der Waals surface area contributed by atoms with E-state index in [0.717, 1.165) is 37.8 Å². The SMILES string of the molecule is CC(C)(C)OC(=O)NC12CCC(Nc3ccnc(C#N)c3)(CC1)C2. The van der Waals surface area contributed by atoms with Crippen molar-refractivity contribution in [3.05, 3.63) is 24.0 Å². The summed E-state index contributed by atoms with van der Waals surface area (Å²) in [4.78, 5) is 16.1. The van der Waals surface area contributed by atoms with E-state index in [1.807, 2.05) is 26.8 Å². The highest BCUT2D eigenvalue weighted by Crippen LogP contribution is 2.52. The molecule has 6 heteroatoms. The number of rotatable bonds is 3. The van der Waals surface area contributed by atoms with Crippen LogP contribution in [0.5, 0.6) is 0 Å². The molecule has 2 saturated carbocycles. The Balaban J connectivity index is 1.66. The van der Waals surface area contributed by atoms with Crippen LogP contribution in [0.2, 0.25) is 0 Å². The molecule has 0 spiro atoms. The lowest BCUT2D eigenvalue weighted by Crippen LogP contribution is -2.47. The van der Waals surface area contributed by atoms with Gasteiger partial charge in [0.1, 0.15) is 17.4 Å². The van der Waals surface area contributed by atoms with Crippen molar-refractivity contribution in [1.82, 2.24) is 10.3 Å². The minimum Gasteiger partial charge on any atom is -0.444 e. The summed E-state index contributed by atoms with van der Waals surface area (Å²) in [6.45, 7) is 5.61. The van der Waals surface area contributed by atoms with Crippen molar-refractivity contribution < 1.29 is 9.53 Å². The number of amides is 1. The van der Waals surface area contributed by atoms with Crippen LogP contribution in [-0.2, 0) is 4.74 Å². The van der Waals surface area contributed by atoms with Crippen molar-refractivity contribution in [3.8, 4) is 6.07 Å². The van der Waals surface area contributed by atoms with Gasteiger partial charge in [-0.2, -0.15) is 5.26 Å². The number of ether oxygens (including phenoxy) is 1. The Kier molecular flexibility index (Phi) is 3.90. The molecule has 0 radical (unpaired) electrons. The van der Waals surface area contributed by atoms with Crippen LogP contribution >= 0.6 is 0 Å². The number of aromatic nitrogens is 1. The van der Waals surface area contributed by atoms with Crippen LogP contribution < -0.4 is 10.6 Å². The molecule has 24 heavy (non-hydrogen) atoms. The first-order chi connectivity index (χ1) is 11.2. The van der Waals surface area contributed by atoms with Crippen molar-refractivity contribution in [2.75, 3.05) is 5.32 Å². The predicted octanol–water partition coefficient (Wildman–Crippen LogP) is 3.35. The Hall–Kier alpha value is -2.29. The number of nitrogens with zero attached hydrogens (tertiary/aromatic N) is 2. The van der Waals surface area contributed by atoms with Crippen LogP contribution in [0.3, 0.4) is 0 Å². The van der Waals surface area contributed by atoms with Crippen LogP contribution in [0.4, 0.5) is 10.5 Å². The third kappa shape index (κ3) is 3.45. The number of hydrogen-bond acceptors (Lipinski definition) is 5. The number of nitriles is 1. The normalized spacial score (nSPS) is 28.2. The fraction of sp³-hybridized carbons (Fsp3) is 0.611. The first-order valence-electron chi connectivity index (χ1n) is 8.39. The molecule has 0 saturated heterocycles. The molecule has 0 atom stereocenters. The third-order valence-corrected chi connectivity index (χ3v) is 4.89. The topological polar surface area (TPSA) is 87.0 Å². The zero-order valence-electron chi connectivity index (χ0n) is 14.5. The van der Waals surface area contributed by atoms with Gasteiger partial charge in [0, 0.05) is 23.0 Å². The molecule has 0 unspecified atom stereocenters. The Morgan fingerprint density at radius 3 is 2.58 bits per heavy atom. The molecule has 0 aromatic carbocycles. The summed E-state index contributed by atoms with van der Waals surface area (Å²) >= 11 is 0. The molecule has 2 fully saturated rings. The molecule has 2 aliphatic carbocycles. The van der Waals surface area contributed by atoms with Gasteiger partial charge in [-0.3, -0.25) is 0 Å². The Bertz CT molecular complexity index is 679. The maximum Gasteiger partial charge on any atom is 0.408 e. The van der Waals surface area contributed by atoms with Crippen LogP contribution in [0.15, 0.2) is 18.3 Å².